The lowest BCUT2D eigenvalue weighted by Gasteiger charge is -2.43. The van der Waals surface area contributed by atoms with Gasteiger partial charge in [0.05, 0.1) is 24.9 Å². The van der Waals surface area contributed by atoms with Gasteiger partial charge in [-0.05, 0) is 18.9 Å². The lowest BCUT2D eigenvalue weighted by Crippen LogP contribution is -2.49. The summed E-state index contributed by atoms with van der Waals surface area (Å²) in [4.78, 5) is 7.02. The molecule has 1 fully saturated rings. The molecule has 1 heterocycles. The average Bonchev–Trinajstić information content (AvgIpc) is 2.99. The normalized spacial score (nSPS) is 33.7. The molecule has 1 aliphatic carbocycles. The smallest absolute Gasteiger partial charge is 0.159 e. The lowest BCUT2D eigenvalue weighted by atomic mass is 9.74. The van der Waals surface area contributed by atoms with Crippen LogP contribution in [0, 0.1) is 11.8 Å². The Labute approximate surface area is 149 Å². The van der Waals surface area contributed by atoms with Crippen molar-refractivity contribution in [3.8, 4) is 0 Å². The van der Waals surface area contributed by atoms with Gasteiger partial charge in [0.2, 0.25) is 0 Å². The highest BCUT2D eigenvalue weighted by Crippen LogP contribution is 2.45. The summed E-state index contributed by atoms with van der Waals surface area (Å²) in [7, 11) is 4.09. The van der Waals surface area contributed by atoms with Crippen LogP contribution >= 0.6 is 11.8 Å². The third-order valence-electron chi connectivity index (χ3n) is 5.17. The van der Waals surface area contributed by atoms with Crippen molar-refractivity contribution >= 4 is 16.9 Å². The van der Waals surface area contributed by atoms with Gasteiger partial charge in [-0.3, -0.25) is 4.99 Å². The van der Waals surface area contributed by atoms with E-state index in [0.717, 1.165) is 11.6 Å². The van der Waals surface area contributed by atoms with Crippen LogP contribution in [-0.4, -0.2) is 52.8 Å². The molecule has 0 radical (unpaired) electrons. The minimum atomic E-state index is -0.363. The van der Waals surface area contributed by atoms with E-state index in [0.29, 0.717) is 17.8 Å². The molecule has 0 spiro atoms. The fourth-order valence-electron chi connectivity index (χ4n) is 3.81. The van der Waals surface area contributed by atoms with Gasteiger partial charge in [0.15, 0.2) is 5.17 Å². The summed E-state index contributed by atoms with van der Waals surface area (Å²) in [6.45, 7) is 4.71. The predicted molar refractivity (Wildman–Crippen MR) is 100 cm³/mol. The van der Waals surface area contributed by atoms with E-state index < -0.39 is 0 Å². The van der Waals surface area contributed by atoms with Crippen molar-refractivity contribution in [1.29, 1.82) is 0 Å². The minimum absolute atomic E-state index is 0.0392. The third kappa shape index (κ3) is 3.63. The predicted octanol–water partition coefficient (Wildman–Crippen LogP) is 3.01. The quantitative estimate of drug-likeness (QED) is 0.908. The van der Waals surface area contributed by atoms with E-state index in [1.54, 1.807) is 0 Å². The van der Waals surface area contributed by atoms with Gasteiger partial charge < -0.3 is 14.7 Å². The summed E-state index contributed by atoms with van der Waals surface area (Å²) in [5.41, 5.74) is 1.18. The Kier molecular flexibility index (Phi) is 5.52. The van der Waals surface area contributed by atoms with Gasteiger partial charge in [0.25, 0.3) is 0 Å². The number of aliphatic hydroxyl groups excluding tert-OH is 1. The fourth-order valence-corrected chi connectivity index (χ4v) is 5.24. The van der Waals surface area contributed by atoms with E-state index in [-0.39, 0.29) is 24.2 Å². The molecule has 2 aliphatic rings. The van der Waals surface area contributed by atoms with Crippen LogP contribution in [-0.2, 0) is 11.3 Å². The molecule has 6 atom stereocenters. The van der Waals surface area contributed by atoms with Crippen LogP contribution in [0.2, 0.25) is 0 Å². The molecular weight excluding hydrogens is 320 g/mol. The van der Waals surface area contributed by atoms with Crippen LogP contribution in [0.3, 0.4) is 0 Å². The third-order valence-corrected chi connectivity index (χ3v) is 6.62. The first-order chi connectivity index (χ1) is 11.5. The first-order valence-electron chi connectivity index (χ1n) is 8.72. The molecule has 3 rings (SSSR count). The Morgan fingerprint density at radius 1 is 1.33 bits per heavy atom. The molecule has 1 aromatic rings. The number of fused-ring (bicyclic) bond motifs is 1. The molecule has 1 aliphatic heterocycles. The maximum Gasteiger partial charge on any atom is 0.159 e. The van der Waals surface area contributed by atoms with Gasteiger partial charge in [0, 0.05) is 31.2 Å². The number of hydrogen-bond donors (Lipinski definition) is 1. The van der Waals surface area contributed by atoms with Crippen LogP contribution in [0.4, 0.5) is 0 Å². The maximum absolute atomic E-state index is 10.3. The molecule has 24 heavy (non-hydrogen) atoms. The van der Waals surface area contributed by atoms with Crippen LogP contribution in [0.1, 0.15) is 25.8 Å². The second-order valence-corrected chi connectivity index (χ2v) is 8.42. The van der Waals surface area contributed by atoms with Crippen molar-refractivity contribution in [2.45, 2.75) is 50.4 Å². The highest BCUT2D eigenvalue weighted by molar-refractivity contribution is 8.14. The number of nitrogens with zero attached hydrogens (tertiary/aromatic N) is 2. The molecule has 1 N–H and O–H groups in total. The van der Waals surface area contributed by atoms with Gasteiger partial charge in [-0.25, -0.2) is 0 Å². The van der Waals surface area contributed by atoms with Gasteiger partial charge in [-0.15, -0.1) is 0 Å². The van der Waals surface area contributed by atoms with Crippen molar-refractivity contribution in [3.05, 3.63) is 35.9 Å². The number of aliphatic hydroxyl groups is 1. The van der Waals surface area contributed by atoms with E-state index in [1.807, 2.05) is 51.0 Å². The Morgan fingerprint density at radius 2 is 2.04 bits per heavy atom. The zero-order chi connectivity index (χ0) is 17.3. The molecule has 4 nitrogen and oxygen atoms in total. The second-order valence-electron chi connectivity index (χ2n) is 7.21. The highest BCUT2D eigenvalue weighted by atomic mass is 32.2. The molecule has 132 valence electrons. The number of hydrogen-bond acceptors (Lipinski definition) is 5. The Bertz CT molecular complexity index is 576. The Hall–Kier alpha value is -1.04. The van der Waals surface area contributed by atoms with Crippen molar-refractivity contribution in [1.82, 2.24) is 4.90 Å². The van der Waals surface area contributed by atoms with Crippen LogP contribution < -0.4 is 0 Å². The molecule has 1 saturated carbocycles. The topological polar surface area (TPSA) is 45.1 Å². The summed E-state index contributed by atoms with van der Waals surface area (Å²) in [6.07, 6.45) is 0.632. The lowest BCUT2D eigenvalue weighted by molar-refractivity contribution is -0.0888. The van der Waals surface area contributed by atoms with E-state index in [9.17, 15) is 5.11 Å². The molecule has 0 aromatic heterocycles. The largest absolute Gasteiger partial charge is 0.393 e. The Balaban J connectivity index is 1.75. The van der Waals surface area contributed by atoms with E-state index in [4.69, 9.17) is 9.73 Å². The molecule has 1 unspecified atom stereocenters. The molecule has 5 heteroatoms. The highest BCUT2D eigenvalue weighted by Gasteiger charge is 2.48. The number of benzene rings is 1. The zero-order valence-electron chi connectivity index (χ0n) is 14.9. The first kappa shape index (κ1) is 17.8. The summed E-state index contributed by atoms with van der Waals surface area (Å²) >= 11 is 1.85. The minimum Gasteiger partial charge on any atom is -0.393 e. The number of aliphatic imine (C=N–C) groups is 1. The first-order valence-corrected chi connectivity index (χ1v) is 9.60. The fraction of sp³-hybridized carbons (Fsp3) is 0.632. The van der Waals surface area contributed by atoms with Crippen molar-refractivity contribution in [2.75, 3.05) is 14.1 Å². The maximum atomic E-state index is 10.3. The van der Waals surface area contributed by atoms with Gasteiger partial charge in [0.1, 0.15) is 0 Å². The van der Waals surface area contributed by atoms with E-state index in [2.05, 4.69) is 24.0 Å². The molecule has 1 aromatic carbocycles. The SMILES string of the molecule is CC(O)[C@H]1C[C@@H]2SC(N(C)C)=N[C@@H]2[C@@H](C)[C@@H]1OCc1ccccc1. The number of rotatable bonds is 4. The van der Waals surface area contributed by atoms with Crippen molar-refractivity contribution in [2.24, 2.45) is 16.8 Å². The van der Waals surface area contributed by atoms with Gasteiger partial charge in [-0.1, -0.05) is 49.0 Å². The molecule has 0 amide bonds. The molecule has 0 bridgehead atoms. The average molecular weight is 349 g/mol. The summed E-state index contributed by atoms with van der Waals surface area (Å²) < 4.78 is 6.31. The van der Waals surface area contributed by atoms with Crippen molar-refractivity contribution < 1.29 is 9.84 Å². The monoisotopic (exact) mass is 348 g/mol. The van der Waals surface area contributed by atoms with E-state index in [1.165, 1.54) is 5.56 Å². The summed E-state index contributed by atoms with van der Waals surface area (Å²) in [5, 5.41) is 11.9. The van der Waals surface area contributed by atoms with Crippen LogP contribution in [0.5, 0.6) is 0 Å². The van der Waals surface area contributed by atoms with Crippen LogP contribution in [0.15, 0.2) is 35.3 Å². The number of ether oxygens (including phenoxy) is 1. The summed E-state index contributed by atoms with van der Waals surface area (Å²) in [6, 6.07) is 10.5. The van der Waals surface area contributed by atoms with Gasteiger partial charge >= 0.3 is 0 Å². The second kappa shape index (κ2) is 7.46. The molecular formula is C19H28N2O2S. The Morgan fingerprint density at radius 3 is 2.67 bits per heavy atom. The van der Waals surface area contributed by atoms with Gasteiger partial charge in [-0.2, -0.15) is 0 Å². The molecule has 0 saturated heterocycles. The number of amidine groups is 1. The number of thioether (sulfide) groups is 1. The van der Waals surface area contributed by atoms with E-state index >= 15 is 0 Å². The standard InChI is InChI=1S/C19H28N2O2S/c1-12-17-16(24-19(20-17)21(3)4)10-15(13(2)22)18(12)23-11-14-8-6-5-7-9-14/h5-9,12-13,15-18,22H,10-11H2,1-4H3/t12-,13?,15-,16+,17-,18+/m1/s1. The summed E-state index contributed by atoms with van der Waals surface area (Å²) in [5.74, 6) is 0.464. The zero-order valence-corrected chi connectivity index (χ0v) is 15.7. The van der Waals surface area contributed by atoms with Crippen molar-refractivity contribution in [3.63, 3.8) is 0 Å². The van der Waals surface area contributed by atoms with Crippen LogP contribution in [0.25, 0.3) is 0 Å².